The molecule has 0 saturated carbocycles. The van der Waals surface area contributed by atoms with E-state index in [0.717, 1.165) is 35.5 Å². The maximum absolute atomic E-state index is 12.1. The van der Waals surface area contributed by atoms with Crippen LogP contribution in [0.1, 0.15) is 28.4 Å². The van der Waals surface area contributed by atoms with Crippen molar-refractivity contribution in [2.24, 2.45) is 5.90 Å². The average Bonchev–Trinajstić information content (AvgIpc) is 2.59. The van der Waals surface area contributed by atoms with Crippen LogP contribution in [0.3, 0.4) is 0 Å². The third-order valence-electron chi connectivity index (χ3n) is 3.17. The van der Waals surface area contributed by atoms with Crippen molar-refractivity contribution in [3.8, 4) is 0 Å². The third-order valence-corrected chi connectivity index (χ3v) is 5.77. The lowest BCUT2D eigenvalue weighted by Crippen LogP contribution is -2.33. The molecule has 0 aromatic heterocycles. The quantitative estimate of drug-likeness (QED) is 0.409. The maximum Gasteiger partial charge on any atom is 0.341 e. The van der Waals surface area contributed by atoms with Gasteiger partial charge in [0.05, 0.1) is 7.11 Å². The van der Waals surface area contributed by atoms with Crippen molar-refractivity contribution >= 4 is 89.6 Å². The molecule has 1 aromatic carbocycles. The highest BCUT2D eigenvalue weighted by Gasteiger charge is 2.30. The Labute approximate surface area is 145 Å². The Kier molecular flexibility index (Phi) is 8.63. The van der Waals surface area contributed by atoms with Crippen molar-refractivity contribution in [2.45, 2.75) is 6.10 Å². The molecule has 1 rings (SSSR count). The van der Waals surface area contributed by atoms with Crippen LogP contribution in [0.2, 0.25) is 0 Å². The molecule has 0 aliphatic carbocycles. The van der Waals surface area contributed by atoms with E-state index < -0.39 is 12.1 Å². The molecule has 0 fully saturated rings. The van der Waals surface area contributed by atoms with E-state index in [1.54, 1.807) is 17.4 Å². The second-order valence-corrected chi connectivity index (χ2v) is 6.53. The fraction of sp³-hybridized carbons (Fsp3) is 0.143. The summed E-state index contributed by atoms with van der Waals surface area (Å²) in [6.45, 7) is 0. The molecule has 23 heavy (non-hydrogen) atoms. The van der Waals surface area contributed by atoms with Gasteiger partial charge in [-0.05, 0) is 34.1 Å². The fourth-order valence-corrected chi connectivity index (χ4v) is 4.96. The van der Waals surface area contributed by atoms with Crippen LogP contribution in [0.25, 0.3) is 0 Å². The Balaban J connectivity index is 4.07. The van der Waals surface area contributed by atoms with E-state index in [1.165, 1.54) is 7.11 Å². The van der Waals surface area contributed by atoms with Crippen molar-refractivity contribution in [1.82, 2.24) is 0 Å². The Hall–Kier alpha value is -0.540. The molecule has 0 saturated heterocycles. The van der Waals surface area contributed by atoms with Crippen molar-refractivity contribution < 1.29 is 14.4 Å². The molecule has 0 aliphatic rings. The summed E-state index contributed by atoms with van der Waals surface area (Å²) in [5, 5.41) is 1.73. The van der Waals surface area contributed by atoms with Crippen LogP contribution in [0.15, 0.2) is 0 Å². The molecule has 0 heterocycles. The molecule has 1 unspecified atom stereocenters. The minimum atomic E-state index is -1.07. The number of carbonyl (C=O) groups excluding carboxylic acids is 1. The molecule has 4 nitrogen and oxygen atoms in total. The molecule has 9 heteroatoms. The normalized spacial score (nSPS) is 11.9. The molecular weight excluding hydrogens is 385 g/mol. The van der Waals surface area contributed by atoms with Crippen molar-refractivity contribution in [2.75, 3.05) is 7.11 Å². The predicted molar refractivity (Wildman–Crippen MR) is 114 cm³/mol. The molecule has 2 N–H and O–H groups in total. The maximum atomic E-state index is 12.1. The van der Waals surface area contributed by atoms with Gasteiger partial charge in [-0.3, -0.25) is 4.84 Å². The van der Waals surface area contributed by atoms with E-state index in [9.17, 15) is 4.79 Å². The summed E-state index contributed by atoms with van der Waals surface area (Å²) < 4.78 is 4.81. The molecule has 120 valence electrons. The summed E-state index contributed by atoms with van der Waals surface area (Å²) in [4.78, 5) is 17.0. The number of ether oxygens (including phenoxy) is 1. The van der Waals surface area contributed by atoms with E-state index in [-0.39, 0.29) is 0 Å². The number of nitrogens with two attached hydrogens (primary N) is 1. The summed E-state index contributed by atoms with van der Waals surface area (Å²) >= 11 is 0. The van der Waals surface area contributed by atoms with Crippen LogP contribution >= 0.6 is 43.0 Å². The highest BCUT2D eigenvalue weighted by atomic mass is 31.1. The van der Waals surface area contributed by atoms with Crippen LogP contribution in [-0.4, -0.2) is 43.1 Å². The lowest BCUT2D eigenvalue weighted by atomic mass is 9.95. The van der Waals surface area contributed by atoms with Gasteiger partial charge in [-0.2, -0.15) is 0 Å². The van der Waals surface area contributed by atoms with Gasteiger partial charge >= 0.3 is 5.97 Å². The number of carbonyl (C=O) groups is 1. The highest BCUT2D eigenvalue weighted by Crippen LogP contribution is 2.27. The zero-order valence-electron chi connectivity index (χ0n) is 12.4. The zero-order valence-corrected chi connectivity index (χ0v) is 17.2. The number of benzene rings is 1. The Morgan fingerprint density at radius 3 is 1.96 bits per heavy atom. The molecule has 1 atom stereocenters. The van der Waals surface area contributed by atoms with Crippen LogP contribution in [0, 0.1) is 0 Å². The second-order valence-electron chi connectivity index (χ2n) is 4.14. The first-order valence-corrected chi connectivity index (χ1v) is 10.1. The minimum absolute atomic E-state index is 0.589. The van der Waals surface area contributed by atoms with Gasteiger partial charge < -0.3 is 4.74 Å². The van der Waals surface area contributed by atoms with Crippen molar-refractivity contribution in [3.63, 3.8) is 0 Å². The smallest absolute Gasteiger partial charge is 0.341 e. The van der Waals surface area contributed by atoms with Crippen LogP contribution < -0.4 is 16.5 Å². The summed E-state index contributed by atoms with van der Waals surface area (Å²) in [5.74, 6) is 10.0. The first-order valence-electron chi connectivity index (χ1n) is 6.18. The van der Waals surface area contributed by atoms with E-state index in [0.29, 0.717) is 13.8 Å². The first-order chi connectivity index (χ1) is 11.1. The van der Waals surface area contributed by atoms with Gasteiger partial charge in [-0.1, -0.05) is 29.0 Å². The molecule has 0 bridgehead atoms. The van der Waals surface area contributed by atoms with E-state index in [4.69, 9.17) is 15.5 Å². The number of esters is 1. The Bertz CT molecular complexity index is 661. The minimum Gasteiger partial charge on any atom is -0.467 e. The van der Waals surface area contributed by atoms with Gasteiger partial charge in [0.1, 0.15) is 0 Å². The van der Waals surface area contributed by atoms with Crippen LogP contribution in [0.4, 0.5) is 0 Å². The molecule has 0 amide bonds. The lowest BCUT2D eigenvalue weighted by Gasteiger charge is -2.22. The monoisotopic (exact) mass is 401 g/mol. The lowest BCUT2D eigenvalue weighted by molar-refractivity contribution is -0.154. The third kappa shape index (κ3) is 3.93. The molecule has 0 radical (unpaired) electrons. The van der Waals surface area contributed by atoms with Gasteiger partial charge in [-0.15, -0.1) is 26.6 Å². The summed E-state index contributed by atoms with van der Waals surface area (Å²) in [7, 11) is 13.0. The number of hydrogen-bond acceptors (Lipinski definition) is 4. The molecular formula is C14H16NO3P5. The fourth-order valence-electron chi connectivity index (χ4n) is 2.19. The number of methoxy groups -OCH3 is 1. The van der Waals surface area contributed by atoms with Gasteiger partial charge in [0.25, 0.3) is 0 Å². The van der Waals surface area contributed by atoms with Gasteiger partial charge in [-0.25, -0.2) is 10.7 Å². The van der Waals surface area contributed by atoms with Gasteiger partial charge in [0.15, 0.2) is 0 Å². The first kappa shape index (κ1) is 20.5. The topological polar surface area (TPSA) is 61.5 Å². The van der Waals surface area contributed by atoms with Gasteiger partial charge in [0, 0.05) is 16.2 Å². The second kappa shape index (κ2) is 9.68. The number of hydrogen-bond donors (Lipinski definition) is 1. The summed E-state index contributed by atoms with van der Waals surface area (Å²) in [6.07, 6.45) is 6.83. The van der Waals surface area contributed by atoms with E-state index >= 15 is 0 Å². The Morgan fingerprint density at radius 1 is 1.09 bits per heavy atom. The molecule has 0 spiro atoms. The average molecular weight is 401 g/mol. The number of rotatable bonds is 8. The molecule has 0 aliphatic heterocycles. The highest BCUT2D eigenvalue weighted by molar-refractivity contribution is 7.53. The largest absolute Gasteiger partial charge is 0.467 e. The van der Waals surface area contributed by atoms with Crippen molar-refractivity contribution in [3.05, 3.63) is 22.3 Å². The Morgan fingerprint density at radius 2 is 1.61 bits per heavy atom. The van der Waals surface area contributed by atoms with E-state index in [2.05, 4.69) is 39.2 Å². The van der Waals surface area contributed by atoms with Crippen molar-refractivity contribution in [1.29, 1.82) is 0 Å². The SMILES string of the molecule is C=Pc1c(C=P)c(C=P)c(C=P)c(C(ON)C(=O)OC)c1P=C. The predicted octanol–water partition coefficient (Wildman–Crippen LogP) is 1.68. The zero-order chi connectivity index (χ0) is 17.6. The van der Waals surface area contributed by atoms with Crippen LogP contribution in [-0.2, 0) is 14.4 Å². The van der Waals surface area contributed by atoms with Gasteiger partial charge in [0.2, 0.25) is 6.10 Å². The summed E-state index contributed by atoms with van der Waals surface area (Å²) in [6, 6.07) is 0. The standard InChI is InChI=1S/C14H16NO3P5/c1-17-14(16)11(18-15)10-8(5-20)7(4-19)9(6-21)12(22-2)13(10)23-3/h4-6,11,19-21H,2-3,15H2,1H3. The molecule has 1 aromatic rings. The summed E-state index contributed by atoms with van der Waals surface area (Å²) in [5.41, 5.74) is 3.10. The van der Waals surface area contributed by atoms with Crippen LogP contribution in [0.5, 0.6) is 0 Å². The van der Waals surface area contributed by atoms with E-state index in [1.807, 2.05) is 0 Å².